The average molecular weight is 182 g/mol. The minimum Gasteiger partial charge on any atom is -0.542 e. The van der Waals surface area contributed by atoms with Gasteiger partial charge in [-0.3, -0.25) is 6.29 Å². The first-order valence-electron chi connectivity index (χ1n) is 0.704. The molecule has 0 aromatic carbocycles. The van der Waals surface area contributed by atoms with Crippen molar-refractivity contribution < 1.29 is 40.4 Å². The summed E-state index contributed by atoms with van der Waals surface area (Å²) in [4.78, 5) is 8.68. The third-order valence-corrected chi connectivity index (χ3v) is 0. The Bertz CT molecular complexity index is 13.5. The predicted octanol–water partition coefficient (Wildman–Crippen LogP) is 0.116. The van der Waals surface area contributed by atoms with Gasteiger partial charge in [-0.1, -0.05) is 0 Å². The molecule has 0 saturated carbocycles. The minimum atomic E-state index is 0. The van der Waals surface area contributed by atoms with Crippen molar-refractivity contribution in [2.24, 2.45) is 0 Å². The molecule has 0 spiro atoms. The molecule has 0 fully saturated rings. The zero-order chi connectivity index (χ0) is 2.71. The Morgan fingerprint density at radius 3 is 1.75 bits per heavy atom. The van der Waals surface area contributed by atoms with Crippen LogP contribution in [0.4, 0.5) is 0 Å². The normalized spacial score (nSPS) is 3.25. The van der Waals surface area contributed by atoms with Crippen LogP contribution in [0.5, 0.6) is 0 Å². The van der Waals surface area contributed by atoms with Crippen LogP contribution in [0.2, 0.25) is 0 Å². The van der Waals surface area contributed by atoms with Crippen LogP contribution in [-0.4, -0.2) is 6.29 Å². The number of carbonyl (C=O) groups excluding carboxylic acids is 1. The molecule has 0 aromatic heterocycles. The third-order valence-electron chi connectivity index (χ3n) is 0. The Morgan fingerprint density at radius 1 is 1.75 bits per heavy atom. The maximum absolute atomic E-state index is 8.68. The summed E-state index contributed by atoms with van der Waals surface area (Å²) in [5.41, 5.74) is 0. The molecule has 0 saturated heterocycles. The number of rotatable bonds is 0. The first-order valence-corrected chi connectivity index (χ1v) is 0.704. The first kappa shape index (κ1) is 8.85. The molecule has 0 atom stereocenters. The summed E-state index contributed by atoms with van der Waals surface area (Å²) in [5.74, 6) is 0. The molecule has 0 amide bonds. The topological polar surface area (TPSA) is 17.1 Å². The first-order chi connectivity index (χ1) is 1.41. The summed E-state index contributed by atoms with van der Waals surface area (Å²) in [6, 6.07) is 0. The van der Waals surface area contributed by atoms with E-state index >= 15 is 0 Å². The van der Waals surface area contributed by atoms with Gasteiger partial charge in [0.15, 0.2) is 0 Å². The second-order valence-corrected chi connectivity index (χ2v) is 0.204. The molecular formula is C2H3LaO-. The van der Waals surface area contributed by atoms with E-state index in [2.05, 4.69) is 0 Å². The van der Waals surface area contributed by atoms with Crippen LogP contribution in [0.15, 0.2) is 0 Å². The van der Waals surface area contributed by atoms with Crippen LogP contribution >= 0.6 is 0 Å². The van der Waals surface area contributed by atoms with Gasteiger partial charge in [0.25, 0.3) is 0 Å². The van der Waals surface area contributed by atoms with E-state index in [1.165, 1.54) is 13.2 Å². The average Bonchev–Trinajstić information content (AvgIpc) is 0.918. The van der Waals surface area contributed by atoms with E-state index in [4.69, 9.17) is 4.79 Å². The Kier molecular flexibility index (Phi) is 20.2. The van der Waals surface area contributed by atoms with E-state index < -0.39 is 0 Å². The molecule has 0 heterocycles. The molecule has 2 heteroatoms. The van der Waals surface area contributed by atoms with Gasteiger partial charge in [-0.15, -0.1) is 0 Å². The predicted molar refractivity (Wildman–Crippen MR) is 11.4 cm³/mol. The number of hydrogen-bond donors (Lipinski definition) is 0. The largest absolute Gasteiger partial charge is 0.542 e. The van der Waals surface area contributed by atoms with Gasteiger partial charge in [0.05, 0.1) is 0 Å². The summed E-state index contributed by atoms with van der Waals surface area (Å²) in [6.07, 6.45) is 1.50. The quantitative estimate of drug-likeness (QED) is 0.486. The molecule has 0 aromatic rings. The standard InChI is InChI=1S/C2H3O.La/c1-2-3;/h1H3;/q-1;. The zero-order valence-electron chi connectivity index (χ0n) is 2.49. The van der Waals surface area contributed by atoms with Gasteiger partial charge in [0, 0.05) is 35.6 Å². The van der Waals surface area contributed by atoms with Gasteiger partial charge in [0.2, 0.25) is 0 Å². The van der Waals surface area contributed by atoms with Crippen LogP contribution in [-0.2, 0) is 4.79 Å². The molecule has 0 rings (SSSR count). The van der Waals surface area contributed by atoms with Crippen LogP contribution in [0.1, 0.15) is 6.92 Å². The van der Waals surface area contributed by atoms with Gasteiger partial charge >= 0.3 is 0 Å². The van der Waals surface area contributed by atoms with Crippen molar-refractivity contribution in [1.29, 1.82) is 0 Å². The molecule has 1 radical (unpaired) electrons. The van der Waals surface area contributed by atoms with E-state index in [0.717, 1.165) is 0 Å². The Hall–Kier alpha value is 0.865. The fraction of sp³-hybridized carbons (Fsp3) is 0.500. The molecule has 0 unspecified atom stereocenters. The molecule has 0 N–H and O–H groups in total. The van der Waals surface area contributed by atoms with Crippen LogP contribution in [0, 0.1) is 35.6 Å². The minimum absolute atomic E-state index is 0. The maximum Gasteiger partial charge on any atom is 0 e. The SMILES string of the molecule is C[C-]=O.[La]. The van der Waals surface area contributed by atoms with Gasteiger partial charge in [0.1, 0.15) is 0 Å². The van der Waals surface area contributed by atoms with Crippen molar-refractivity contribution >= 4 is 6.29 Å². The fourth-order valence-corrected chi connectivity index (χ4v) is 0. The van der Waals surface area contributed by atoms with Gasteiger partial charge in [-0.05, 0) is 0 Å². The summed E-state index contributed by atoms with van der Waals surface area (Å²) >= 11 is 0. The molecular weight excluding hydrogens is 179 g/mol. The molecule has 0 bridgehead atoms. The fourth-order valence-electron chi connectivity index (χ4n) is 0. The zero-order valence-corrected chi connectivity index (χ0v) is 6.11. The van der Waals surface area contributed by atoms with E-state index in [-0.39, 0.29) is 35.6 Å². The van der Waals surface area contributed by atoms with E-state index in [9.17, 15) is 0 Å². The van der Waals surface area contributed by atoms with Crippen LogP contribution < -0.4 is 0 Å². The van der Waals surface area contributed by atoms with Crippen molar-refractivity contribution in [3.63, 3.8) is 0 Å². The van der Waals surface area contributed by atoms with Gasteiger partial charge in [-0.25, -0.2) is 0 Å². The third kappa shape index (κ3) is 13.3. The summed E-state index contributed by atoms with van der Waals surface area (Å²) < 4.78 is 0. The van der Waals surface area contributed by atoms with Crippen molar-refractivity contribution in [1.82, 2.24) is 0 Å². The van der Waals surface area contributed by atoms with Crippen LogP contribution in [0.25, 0.3) is 0 Å². The van der Waals surface area contributed by atoms with Crippen molar-refractivity contribution in [3.8, 4) is 0 Å². The van der Waals surface area contributed by atoms with E-state index in [1.807, 2.05) is 0 Å². The Morgan fingerprint density at radius 2 is 1.75 bits per heavy atom. The van der Waals surface area contributed by atoms with Crippen molar-refractivity contribution in [2.45, 2.75) is 6.92 Å². The van der Waals surface area contributed by atoms with Gasteiger partial charge in [-0.2, -0.15) is 6.92 Å². The van der Waals surface area contributed by atoms with Crippen molar-refractivity contribution in [2.75, 3.05) is 0 Å². The molecule has 0 aliphatic carbocycles. The summed E-state index contributed by atoms with van der Waals surface area (Å²) in [5, 5.41) is 0. The number of hydrogen-bond acceptors (Lipinski definition) is 1. The van der Waals surface area contributed by atoms with Crippen LogP contribution in [0.3, 0.4) is 0 Å². The van der Waals surface area contributed by atoms with E-state index in [1.54, 1.807) is 0 Å². The Balaban J connectivity index is 0. The summed E-state index contributed by atoms with van der Waals surface area (Å²) in [7, 11) is 0. The second kappa shape index (κ2) is 9.12. The van der Waals surface area contributed by atoms with Gasteiger partial charge < -0.3 is 4.79 Å². The Labute approximate surface area is 53.4 Å². The molecule has 4 heavy (non-hydrogen) atoms. The van der Waals surface area contributed by atoms with E-state index in [0.29, 0.717) is 0 Å². The molecule has 1 nitrogen and oxygen atoms in total. The monoisotopic (exact) mass is 182 g/mol. The summed E-state index contributed by atoms with van der Waals surface area (Å²) in [6.45, 7) is 1.32. The molecule has 0 aliphatic rings. The smallest absolute Gasteiger partial charge is 0 e. The maximum atomic E-state index is 8.68. The second-order valence-electron chi connectivity index (χ2n) is 0.204. The molecule has 21 valence electrons. The molecule has 0 aliphatic heterocycles. The van der Waals surface area contributed by atoms with Crippen molar-refractivity contribution in [3.05, 3.63) is 0 Å².